The third-order valence-electron chi connectivity index (χ3n) is 6.24. The molecule has 1 saturated heterocycles. The number of carbonyl (C=O) groups excluding carboxylic acids is 3. The molecule has 1 N–H and O–H groups in total. The summed E-state index contributed by atoms with van der Waals surface area (Å²) in [5, 5.41) is 3.19. The van der Waals surface area contributed by atoms with Gasteiger partial charge >= 0.3 is 6.03 Å². The van der Waals surface area contributed by atoms with Gasteiger partial charge in [0.05, 0.1) is 17.2 Å². The lowest BCUT2D eigenvalue weighted by Gasteiger charge is -2.31. The Kier molecular flexibility index (Phi) is 8.01. The van der Waals surface area contributed by atoms with Gasteiger partial charge in [-0.25, -0.2) is 4.79 Å². The number of nitrogens with zero attached hydrogens (tertiary/aromatic N) is 1. The highest BCUT2D eigenvalue weighted by atomic mass is 35.5. The molecule has 188 valence electrons. The molecule has 0 bridgehead atoms. The summed E-state index contributed by atoms with van der Waals surface area (Å²) in [7, 11) is 1.51. The minimum absolute atomic E-state index is 0.0995. The van der Waals surface area contributed by atoms with Crippen LogP contribution in [0.1, 0.15) is 42.4 Å². The molecule has 7 nitrogen and oxygen atoms in total. The topological polar surface area (TPSA) is 84.9 Å². The predicted molar refractivity (Wildman–Crippen MR) is 138 cm³/mol. The van der Waals surface area contributed by atoms with E-state index in [1.165, 1.54) is 18.1 Å². The first-order chi connectivity index (χ1) is 17.3. The normalized spacial score (nSPS) is 17.5. The molecule has 2 aromatic carbocycles. The monoisotopic (exact) mass is 528 g/mol. The van der Waals surface area contributed by atoms with Crippen molar-refractivity contribution in [3.63, 3.8) is 0 Å². The molecule has 0 spiro atoms. The maximum Gasteiger partial charge on any atom is 0.331 e. The predicted octanol–water partition coefficient (Wildman–Crippen LogP) is 5.71. The molecular formula is C27H26Cl2N2O5. The van der Waals surface area contributed by atoms with E-state index < -0.39 is 17.8 Å². The Labute approximate surface area is 219 Å². The molecule has 0 atom stereocenters. The molecule has 4 amide bonds. The van der Waals surface area contributed by atoms with Crippen LogP contribution in [0.2, 0.25) is 10.0 Å². The molecule has 1 heterocycles. The third kappa shape index (κ3) is 5.42. The van der Waals surface area contributed by atoms with E-state index in [9.17, 15) is 14.4 Å². The number of carbonyl (C=O) groups is 3. The van der Waals surface area contributed by atoms with E-state index in [2.05, 4.69) is 11.9 Å². The highest BCUT2D eigenvalue weighted by Crippen LogP contribution is 2.36. The molecule has 2 aliphatic rings. The fourth-order valence-electron chi connectivity index (χ4n) is 4.51. The number of methoxy groups -OCH3 is 1. The zero-order chi connectivity index (χ0) is 25.8. The van der Waals surface area contributed by atoms with Crippen LogP contribution in [0.4, 0.5) is 4.79 Å². The van der Waals surface area contributed by atoms with Crippen LogP contribution < -0.4 is 14.8 Å². The van der Waals surface area contributed by atoms with Crippen LogP contribution in [0.15, 0.2) is 48.6 Å². The minimum atomic E-state index is -0.719. The van der Waals surface area contributed by atoms with E-state index in [0.29, 0.717) is 33.5 Å². The van der Waals surface area contributed by atoms with Crippen molar-refractivity contribution in [2.75, 3.05) is 7.11 Å². The van der Waals surface area contributed by atoms with Crippen molar-refractivity contribution in [1.29, 1.82) is 0 Å². The number of hydrogen-bond donors (Lipinski definition) is 1. The quantitative estimate of drug-likeness (QED) is 0.269. The van der Waals surface area contributed by atoms with Crippen molar-refractivity contribution < 1.29 is 23.9 Å². The van der Waals surface area contributed by atoms with E-state index in [0.717, 1.165) is 36.8 Å². The van der Waals surface area contributed by atoms with Gasteiger partial charge in [0.15, 0.2) is 11.5 Å². The number of hydrogen-bond acceptors (Lipinski definition) is 5. The summed E-state index contributed by atoms with van der Waals surface area (Å²) >= 11 is 12.1. The molecule has 0 radical (unpaired) electrons. The number of allylic oxidation sites excluding steroid dienone is 1. The second-order valence-corrected chi connectivity index (χ2v) is 9.49. The SMILES string of the molecule is C=CCc1cc(/C=C2\C(=O)NC(=O)N(C3CCCC3)C2=O)cc(OC)c1OCc1ccc(Cl)c(Cl)c1. The van der Waals surface area contributed by atoms with Gasteiger partial charge < -0.3 is 9.47 Å². The molecular weight excluding hydrogens is 503 g/mol. The fraction of sp³-hybridized carbons (Fsp3) is 0.296. The van der Waals surface area contributed by atoms with Gasteiger partial charge in [-0.2, -0.15) is 0 Å². The van der Waals surface area contributed by atoms with E-state index in [1.807, 2.05) is 6.07 Å². The number of benzene rings is 2. The highest BCUT2D eigenvalue weighted by Gasteiger charge is 2.40. The van der Waals surface area contributed by atoms with Crippen LogP contribution in [0.3, 0.4) is 0 Å². The van der Waals surface area contributed by atoms with Crippen LogP contribution in [-0.4, -0.2) is 35.9 Å². The van der Waals surface area contributed by atoms with E-state index >= 15 is 0 Å². The molecule has 0 aromatic heterocycles. The van der Waals surface area contributed by atoms with Crippen LogP contribution in [0.5, 0.6) is 11.5 Å². The first-order valence-corrected chi connectivity index (χ1v) is 12.4. The first kappa shape index (κ1) is 25.8. The second kappa shape index (κ2) is 11.2. The maximum atomic E-state index is 13.2. The van der Waals surface area contributed by atoms with Gasteiger partial charge in [-0.3, -0.25) is 19.8 Å². The molecule has 9 heteroatoms. The van der Waals surface area contributed by atoms with Crippen molar-refractivity contribution in [2.45, 2.75) is 44.8 Å². The number of ether oxygens (including phenoxy) is 2. The molecule has 4 rings (SSSR count). The highest BCUT2D eigenvalue weighted by molar-refractivity contribution is 6.42. The van der Waals surface area contributed by atoms with Crippen molar-refractivity contribution in [1.82, 2.24) is 10.2 Å². The summed E-state index contributed by atoms with van der Waals surface area (Å²) in [6, 6.07) is 7.87. The summed E-state index contributed by atoms with van der Waals surface area (Å²) in [5.74, 6) is -0.371. The Hall–Kier alpha value is -3.29. The molecule has 1 saturated carbocycles. The Balaban J connectivity index is 1.66. The number of amides is 4. The minimum Gasteiger partial charge on any atom is -0.493 e. The van der Waals surface area contributed by atoms with E-state index in [1.54, 1.807) is 30.3 Å². The van der Waals surface area contributed by atoms with Gasteiger partial charge in [-0.05, 0) is 60.7 Å². The number of imide groups is 2. The van der Waals surface area contributed by atoms with Crippen molar-refractivity contribution in [3.8, 4) is 11.5 Å². The standard InChI is InChI=1S/C27H26Cl2N2O5/c1-3-6-18-11-17(12-20-25(32)30-27(34)31(26(20)33)19-7-4-5-8-19)14-23(35-2)24(18)36-15-16-9-10-21(28)22(29)13-16/h3,9-14,19H,1,4-8,15H2,2H3,(H,30,32,34)/b20-12+. The summed E-state index contributed by atoms with van der Waals surface area (Å²) in [4.78, 5) is 39.3. The molecule has 1 aliphatic carbocycles. The van der Waals surface area contributed by atoms with Gasteiger partial charge in [0.2, 0.25) is 0 Å². The Bertz CT molecular complexity index is 1250. The first-order valence-electron chi connectivity index (χ1n) is 11.6. The summed E-state index contributed by atoms with van der Waals surface area (Å²) in [6.45, 7) is 4.04. The van der Waals surface area contributed by atoms with Crippen molar-refractivity contribution >= 4 is 47.1 Å². The van der Waals surface area contributed by atoms with E-state index in [-0.39, 0.29) is 18.2 Å². The fourth-order valence-corrected chi connectivity index (χ4v) is 4.83. The van der Waals surface area contributed by atoms with Crippen LogP contribution >= 0.6 is 23.2 Å². The molecule has 2 fully saturated rings. The van der Waals surface area contributed by atoms with E-state index in [4.69, 9.17) is 32.7 Å². The Morgan fingerprint density at radius 1 is 1.11 bits per heavy atom. The van der Waals surface area contributed by atoms with Crippen LogP contribution in [-0.2, 0) is 22.6 Å². The van der Waals surface area contributed by atoms with Gasteiger partial charge in [-0.15, -0.1) is 6.58 Å². The Morgan fingerprint density at radius 3 is 2.53 bits per heavy atom. The average Bonchev–Trinajstić information content (AvgIpc) is 3.37. The van der Waals surface area contributed by atoms with Gasteiger partial charge in [0, 0.05) is 11.6 Å². The zero-order valence-electron chi connectivity index (χ0n) is 19.8. The molecule has 0 unspecified atom stereocenters. The third-order valence-corrected chi connectivity index (χ3v) is 6.98. The van der Waals surface area contributed by atoms with Gasteiger partial charge in [0.1, 0.15) is 12.2 Å². The second-order valence-electron chi connectivity index (χ2n) is 8.67. The summed E-state index contributed by atoms with van der Waals surface area (Å²) in [6.07, 6.45) is 7.02. The average molecular weight is 529 g/mol. The molecule has 2 aromatic rings. The number of barbiturate groups is 1. The maximum absolute atomic E-state index is 13.2. The van der Waals surface area contributed by atoms with Gasteiger partial charge in [-0.1, -0.05) is 48.2 Å². The lowest BCUT2D eigenvalue weighted by molar-refractivity contribution is -0.131. The number of urea groups is 1. The van der Waals surface area contributed by atoms with Crippen LogP contribution in [0, 0.1) is 0 Å². The number of rotatable bonds is 8. The van der Waals surface area contributed by atoms with Crippen molar-refractivity contribution in [3.05, 3.63) is 75.3 Å². The lowest BCUT2D eigenvalue weighted by atomic mass is 10.0. The summed E-state index contributed by atoms with van der Waals surface area (Å²) < 4.78 is 11.7. The lowest BCUT2D eigenvalue weighted by Crippen LogP contribution is -2.57. The van der Waals surface area contributed by atoms with Crippen LogP contribution in [0.25, 0.3) is 6.08 Å². The largest absolute Gasteiger partial charge is 0.493 e. The zero-order valence-corrected chi connectivity index (χ0v) is 21.3. The van der Waals surface area contributed by atoms with Gasteiger partial charge in [0.25, 0.3) is 11.8 Å². The number of halogens is 2. The smallest absolute Gasteiger partial charge is 0.331 e. The number of nitrogens with one attached hydrogen (secondary N) is 1. The molecule has 36 heavy (non-hydrogen) atoms. The summed E-state index contributed by atoms with van der Waals surface area (Å²) in [5.41, 5.74) is 2.04. The Morgan fingerprint density at radius 2 is 1.86 bits per heavy atom. The van der Waals surface area contributed by atoms with Crippen molar-refractivity contribution in [2.24, 2.45) is 0 Å². The molecule has 1 aliphatic heterocycles.